The number of rotatable bonds is 3. The number of aryl methyl sites for hydroxylation is 1. The molecule has 1 saturated heterocycles. The van der Waals surface area contributed by atoms with Crippen molar-refractivity contribution in [3.8, 4) is 0 Å². The van der Waals surface area contributed by atoms with Gasteiger partial charge in [-0.25, -0.2) is 9.59 Å². The van der Waals surface area contributed by atoms with E-state index < -0.39 is 11.9 Å². The highest BCUT2D eigenvalue weighted by Crippen LogP contribution is 2.20. The molecular formula is C16H20N2O5. The van der Waals surface area contributed by atoms with Crippen molar-refractivity contribution < 1.29 is 24.2 Å². The molecule has 0 saturated carbocycles. The molecule has 0 unspecified atom stereocenters. The van der Waals surface area contributed by atoms with Crippen LogP contribution in [0.4, 0.5) is 10.5 Å². The van der Waals surface area contributed by atoms with Gasteiger partial charge in [0.15, 0.2) is 0 Å². The molecule has 7 nitrogen and oxygen atoms in total. The van der Waals surface area contributed by atoms with E-state index in [0.29, 0.717) is 42.7 Å². The minimum Gasteiger partial charge on any atom is -0.481 e. The highest BCUT2D eigenvalue weighted by atomic mass is 16.5. The molecule has 23 heavy (non-hydrogen) atoms. The largest absolute Gasteiger partial charge is 0.481 e. The fraction of sp³-hybridized carbons (Fsp3) is 0.438. The van der Waals surface area contributed by atoms with Crippen molar-refractivity contribution in [1.82, 2.24) is 4.90 Å². The minimum atomic E-state index is -0.806. The molecule has 0 aromatic heterocycles. The fourth-order valence-electron chi connectivity index (χ4n) is 2.61. The second-order valence-electron chi connectivity index (χ2n) is 5.55. The molecule has 124 valence electrons. The fourth-order valence-corrected chi connectivity index (χ4v) is 2.61. The first-order valence-electron chi connectivity index (χ1n) is 7.40. The third-order valence-corrected chi connectivity index (χ3v) is 4.01. The number of amides is 2. The number of esters is 1. The van der Waals surface area contributed by atoms with Gasteiger partial charge in [-0.15, -0.1) is 0 Å². The molecule has 1 fully saturated rings. The van der Waals surface area contributed by atoms with Gasteiger partial charge in [-0.2, -0.15) is 0 Å². The number of carbonyl (C=O) groups excluding carboxylic acids is 2. The van der Waals surface area contributed by atoms with Crippen molar-refractivity contribution in [3.63, 3.8) is 0 Å². The van der Waals surface area contributed by atoms with Crippen LogP contribution < -0.4 is 5.32 Å². The van der Waals surface area contributed by atoms with E-state index in [-0.39, 0.29) is 11.9 Å². The maximum absolute atomic E-state index is 12.2. The zero-order valence-corrected chi connectivity index (χ0v) is 13.2. The summed E-state index contributed by atoms with van der Waals surface area (Å²) in [7, 11) is 1.32. The topological polar surface area (TPSA) is 95.9 Å². The van der Waals surface area contributed by atoms with E-state index >= 15 is 0 Å². The van der Waals surface area contributed by atoms with E-state index in [1.54, 1.807) is 30.0 Å². The smallest absolute Gasteiger partial charge is 0.338 e. The molecular weight excluding hydrogens is 300 g/mol. The Morgan fingerprint density at radius 2 is 1.91 bits per heavy atom. The second kappa shape index (κ2) is 7.13. The van der Waals surface area contributed by atoms with Gasteiger partial charge in [0.1, 0.15) is 0 Å². The predicted octanol–water partition coefficient (Wildman–Crippen LogP) is 2.11. The lowest BCUT2D eigenvalue weighted by Gasteiger charge is -2.30. The van der Waals surface area contributed by atoms with Crippen molar-refractivity contribution in [1.29, 1.82) is 0 Å². The molecule has 2 rings (SSSR count). The summed E-state index contributed by atoms with van der Waals surface area (Å²) >= 11 is 0. The summed E-state index contributed by atoms with van der Waals surface area (Å²) in [6.07, 6.45) is 0.923. The van der Waals surface area contributed by atoms with E-state index in [0.717, 1.165) is 0 Å². The Hall–Kier alpha value is -2.57. The number of piperidine rings is 1. The molecule has 1 aliphatic heterocycles. The lowest BCUT2D eigenvalue weighted by Crippen LogP contribution is -2.42. The predicted molar refractivity (Wildman–Crippen MR) is 83.5 cm³/mol. The summed E-state index contributed by atoms with van der Waals surface area (Å²) in [4.78, 5) is 36.3. The second-order valence-corrected chi connectivity index (χ2v) is 5.55. The molecule has 1 aliphatic rings. The lowest BCUT2D eigenvalue weighted by atomic mass is 9.97. The summed E-state index contributed by atoms with van der Waals surface area (Å²) in [6, 6.07) is 4.68. The zero-order chi connectivity index (χ0) is 17.0. The van der Waals surface area contributed by atoms with Crippen molar-refractivity contribution in [2.24, 2.45) is 5.92 Å². The highest BCUT2D eigenvalue weighted by molar-refractivity contribution is 5.93. The first kappa shape index (κ1) is 16.8. The molecule has 0 aliphatic carbocycles. The number of ether oxygens (including phenoxy) is 1. The number of methoxy groups -OCH3 is 1. The monoisotopic (exact) mass is 320 g/mol. The standard InChI is InChI=1S/C16H20N2O5/c1-10-9-12(3-4-13(10)15(21)23-2)17-16(22)18-7-5-11(6-8-18)14(19)20/h3-4,9,11H,5-8H2,1-2H3,(H,17,22)(H,19,20). The Balaban J connectivity index is 1.97. The lowest BCUT2D eigenvalue weighted by molar-refractivity contribution is -0.143. The summed E-state index contributed by atoms with van der Waals surface area (Å²) in [5.74, 6) is -1.60. The molecule has 2 amide bonds. The van der Waals surface area contributed by atoms with Crippen molar-refractivity contribution in [2.45, 2.75) is 19.8 Å². The Morgan fingerprint density at radius 1 is 1.26 bits per heavy atom. The summed E-state index contributed by atoms with van der Waals surface area (Å²) in [6.45, 7) is 2.60. The quantitative estimate of drug-likeness (QED) is 0.832. The number of nitrogens with one attached hydrogen (secondary N) is 1. The number of carboxylic acids is 1. The van der Waals surface area contributed by atoms with E-state index in [4.69, 9.17) is 5.11 Å². The highest BCUT2D eigenvalue weighted by Gasteiger charge is 2.27. The molecule has 1 heterocycles. The third-order valence-electron chi connectivity index (χ3n) is 4.01. The molecule has 2 N–H and O–H groups in total. The molecule has 1 aromatic rings. The van der Waals surface area contributed by atoms with Crippen LogP contribution in [0.2, 0.25) is 0 Å². The van der Waals surface area contributed by atoms with Gasteiger partial charge in [0, 0.05) is 18.8 Å². The SMILES string of the molecule is COC(=O)c1ccc(NC(=O)N2CCC(C(=O)O)CC2)cc1C. The maximum Gasteiger partial charge on any atom is 0.338 e. The van der Waals surface area contributed by atoms with Crippen LogP contribution in [0, 0.1) is 12.8 Å². The van der Waals surface area contributed by atoms with E-state index in [1.165, 1.54) is 7.11 Å². The Morgan fingerprint density at radius 3 is 2.43 bits per heavy atom. The first-order valence-corrected chi connectivity index (χ1v) is 7.40. The molecule has 0 radical (unpaired) electrons. The van der Waals surface area contributed by atoms with Gasteiger partial charge >= 0.3 is 18.0 Å². The number of anilines is 1. The summed E-state index contributed by atoms with van der Waals surface area (Å²) < 4.78 is 4.68. The van der Waals surface area contributed by atoms with Gasteiger partial charge in [0.05, 0.1) is 18.6 Å². The number of hydrogen-bond donors (Lipinski definition) is 2. The Labute approximate surface area is 134 Å². The van der Waals surface area contributed by atoms with E-state index in [2.05, 4.69) is 10.1 Å². The minimum absolute atomic E-state index is 0.265. The van der Waals surface area contributed by atoms with Crippen LogP contribution in [-0.2, 0) is 9.53 Å². The normalized spacial score (nSPS) is 15.1. The first-order chi connectivity index (χ1) is 10.9. The van der Waals surface area contributed by atoms with Crippen molar-refractivity contribution in [3.05, 3.63) is 29.3 Å². The van der Waals surface area contributed by atoms with Crippen LogP contribution >= 0.6 is 0 Å². The van der Waals surface area contributed by atoms with Crippen LogP contribution in [0.5, 0.6) is 0 Å². The number of likely N-dealkylation sites (tertiary alicyclic amines) is 1. The average molecular weight is 320 g/mol. The van der Waals surface area contributed by atoms with E-state index in [9.17, 15) is 14.4 Å². The number of nitrogens with zero attached hydrogens (tertiary/aromatic N) is 1. The molecule has 0 bridgehead atoms. The average Bonchev–Trinajstić information content (AvgIpc) is 2.54. The maximum atomic E-state index is 12.2. The zero-order valence-electron chi connectivity index (χ0n) is 13.2. The van der Waals surface area contributed by atoms with E-state index in [1.807, 2.05) is 0 Å². The molecule has 0 atom stereocenters. The Kier molecular flexibility index (Phi) is 5.20. The Bertz CT molecular complexity index is 621. The number of carboxylic acid groups (broad SMARTS) is 1. The van der Waals surface area contributed by atoms with Crippen LogP contribution in [0.15, 0.2) is 18.2 Å². The van der Waals surface area contributed by atoms with Gasteiger partial charge in [-0.3, -0.25) is 4.79 Å². The molecule has 0 spiro atoms. The van der Waals surface area contributed by atoms with Crippen LogP contribution in [-0.4, -0.2) is 48.2 Å². The van der Waals surface area contributed by atoms with Crippen molar-refractivity contribution in [2.75, 3.05) is 25.5 Å². The van der Waals surface area contributed by atoms with Gasteiger partial charge in [0.2, 0.25) is 0 Å². The van der Waals surface area contributed by atoms with Gasteiger partial charge in [-0.1, -0.05) is 0 Å². The van der Waals surface area contributed by atoms with Gasteiger partial charge < -0.3 is 20.1 Å². The van der Waals surface area contributed by atoms with Gasteiger partial charge in [-0.05, 0) is 43.5 Å². The third kappa shape index (κ3) is 4.00. The number of hydrogen-bond acceptors (Lipinski definition) is 4. The number of benzene rings is 1. The van der Waals surface area contributed by atoms with Crippen molar-refractivity contribution >= 4 is 23.7 Å². The summed E-state index contributed by atoms with van der Waals surface area (Å²) in [5.41, 5.74) is 1.74. The van der Waals surface area contributed by atoms with Crippen LogP contribution in [0.3, 0.4) is 0 Å². The number of carbonyl (C=O) groups is 3. The van der Waals surface area contributed by atoms with Crippen LogP contribution in [0.1, 0.15) is 28.8 Å². The summed E-state index contributed by atoms with van der Waals surface area (Å²) in [5, 5.41) is 11.7. The number of urea groups is 1. The molecule has 1 aromatic carbocycles. The molecule has 7 heteroatoms. The number of aliphatic carboxylic acids is 1. The van der Waals surface area contributed by atoms with Crippen LogP contribution in [0.25, 0.3) is 0 Å². The van der Waals surface area contributed by atoms with Gasteiger partial charge in [0.25, 0.3) is 0 Å².